The van der Waals surface area contributed by atoms with Gasteiger partial charge in [0.05, 0.1) is 0 Å². The predicted molar refractivity (Wildman–Crippen MR) is 66.5 cm³/mol. The van der Waals surface area contributed by atoms with E-state index < -0.39 is 0 Å². The fourth-order valence-electron chi connectivity index (χ4n) is 1.57. The molecule has 0 atom stereocenters. The Morgan fingerprint density at radius 2 is 2.00 bits per heavy atom. The lowest BCUT2D eigenvalue weighted by Gasteiger charge is -2.05. The van der Waals surface area contributed by atoms with Gasteiger partial charge in [-0.2, -0.15) is 0 Å². The zero-order valence-corrected chi connectivity index (χ0v) is 9.98. The lowest BCUT2D eigenvalue weighted by molar-refractivity contribution is 0.0950. The minimum absolute atomic E-state index is 0.162. The van der Waals surface area contributed by atoms with Gasteiger partial charge in [0.25, 0.3) is 5.91 Å². The summed E-state index contributed by atoms with van der Waals surface area (Å²) < 4.78 is 12.7. The highest BCUT2D eigenvalue weighted by molar-refractivity contribution is 5.94. The number of aryl methyl sites for hydroxylation is 1. The third-order valence-electron chi connectivity index (χ3n) is 2.53. The second-order valence-corrected chi connectivity index (χ2v) is 4.00. The minimum Gasteiger partial charge on any atom is -0.348 e. The summed E-state index contributed by atoms with van der Waals surface area (Å²) in [5.41, 5.74) is 2.23. The molecule has 0 spiro atoms. The SMILES string of the molecule is Cc1cc(C(=O)NCc2ccc(F)cc2)ccn1. The van der Waals surface area contributed by atoms with Crippen LogP contribution in [0.5, 0.6) is 0 Å². The Hall–Kier alpha value is -2.23. The van der Waals surface area contributed by atoms with E-state index in [1.165, 1.54) is 12.1 Å². The van der Waals surface area contributed by atoms with Crippen LogP contribution < -0.4 is 5.32 Å². The normalized spacial score (nSPS) is 10.1. The monoisotopic (exact) mass is 244 g/mol. The van der Waals surface area contributed by atoms with Gasteiger partial charge in [-0.25, -0.2) is 4.39 Å². The van der Waals surface area contributed by atoms with Crippen LogP contribution in [0.15, 0.2) is 42.6 Å². The molecule has 2 rings (SSSR count). The summed E-state index contributed by atoms with van der Waals surface area (Å²) in [5.74, 6) is -0.445. The molecule has 2 aromatic rings. The number of rotatable bonds is 3. The highest BCUT2D eigenvalue weighted by Gasteiger charge is 2.05. The lowest BCUT2D eigenvalue weighted by atomic mass is 10.2. The van der Waals surface area contributed by atoms with Gasteiger partial charge in [0.1, 0.15) is 5.82 Å². The van der Waals surface area contributed by atoms with Crippen molar-refractivity contribution in [1.82, 2.24) is 10.3 Å². The Morgan fingerprint density at radius 1 is 1.28 bits per heavy atom. The van der Waals surface area contributed by atoms with Crippen LogP contribution in [0.2, 0.25) is 0 Å². The number of hydrogen-bond acceptors (Lipinski definition) is 2. The van der Waals surface area contributed by atoms with Crippen molar-refractivity contribution in [3.8, 4) is 0 Å². The molecule has 1 N–H and O–H groups in total. The average Bonchev–Trinajstić information content (AvgIpc) is 2.38. The maximum absolute atomic E-state index is 12.7. The number of amides is 1. The third-order valence-corrected chi connectivity index (χ3v) is 2.53. The predicted octanol–water partition coefficient (Wildman–Crippen LogP) is 2.46. The molecule has 92 valence electrons. The zero-order chi connectivity index (χ0) is 13.0. The van der Waals surface area contributed by atoms with Crippen LogP contribution in [0.4, 0.5) is 4.39 Å². The molecule has 0 fully saturated rings. The summed E-state index contributed by atoms with van der Waals surface area (Å²) in [6, 6.07) is 9.42. The van der Waals surface area contributed by atoms with Gasteiger partial charge in [-0.3, -0.25) is 9.78 Å². The van der Waals surface area contributed by atoms with E-state index in [2.05, 4.69) is 10.3 Å². The van der Waals surface area contributed by atoms with Crippen molar-refractivity contribution in [3.05, 3.63) is 65.2 Å². The fourth-order valence-corrected chi connectivity index (χ4v) is 1.57. The lowest BCUT2D eigenvalue weighted by Crippen LogP contribution is -2.22. The summed E-state index contributed by atoms with van der Waals surface area (Å²) in [6.45, 7) is 2.21. The molecule has 0 saturated carbocycles. The van der Waals surface area contributed by atoms with E-state index >= 15 is 0 Å². The largest absolute Gasteiger partial charge is 0.348 e. The van der Waals surface area contributed by atoms with E-state index in [1.807, 2.05) is 6.92 Å². The second-order valence-electron chi connectivity index (χ2n) is 4.00. The van der Waals surface area contributed by atoms with E-state index in [-0.39, 0.29) is 11.7 Å². The van der Waals surface area contributed by atoms with Gasteiger partial charge >= 0.3 is 0 Å². The van der Waals surface area contributed by atoms with Gasteiger partial charge in [-0.05, 0) is 36.8 Å². The van der Waals surface area contributed by atoms with Crippen LogP contribution in [-0.2, 0) is 6.54 Å². The number of nitrogens with zero attached hydrogens (tertiary/aromatic N) is 1. The van der Waals surface area contributed by atoms with E-state index in [0.717, 1.165) is 11.3 Å². The third kappa shape index (κ3) is 3.13. The van der Waals surface area contributed by atoms with Crippen molar-refractivity contribution in [3.63, 3.8) is 0 Å². The number of hydrogen-bond donors (Lipinski definition) is 1. The minimum atomic E-state index is -0.283. The van der Waals surface area contributed by atoms with E-state index in [1.54, 1.807) is 30.5 Å². The van der Waals surface area contributed by atoms with Crippen LogP contribution >= 0.6 is 0 Å². The smallest absolute Gasteiger partial charge is 0.251 e. The summed E-state index contributed by atoms with van der Waals surface area (Å²) in [6.07, 6.45) is 1.60. The molecule has 0 saturated heterocycles. The quantitative estimate of drug-likeness (QED) is 0.901. The molecular formula is C14H13FN2O. The van der Waals surface area contributed by atoms with Crippen LogP contribution in [0.1, 0.15) is 21.6 Å². The van der Waals surface area contributed by atoms with Crippen molar-refractivity contribution < 1.29 is 9.18 Å². The summed E-state index contributed by atoms with van der Waals surface area (Å²) >= 11 is 0. The van der Waals surface area contributed by atoms with Gasteiger partial charge in [0, 0.05) is 24.0 Å². The van der Waals surface area contributed by atoms with E-state index in [0.29, 0.717) is 12.1 Å². The van der Waals surface area contributed by atoms with E-state index in [4.69, 9.17) is 0 Å². The molecule has 0 bridgehead atoms. The van der Waals surface area contributed by atoms with Gasteiger partial charge in [-0.1, -0.05) is 12.1 Å². The number of halogens is 1. The van der Waals surface area contributed by atoms with Crippen LogP contribution in [0.3, 0.4) is 0 Å². The summed E-state index contributed by atoms with van der Waals surface area (Å²) in [7, 11) is 0. The molecule has 0 radical (unpaired) electrons. The molecule has 4 heteroatoms. The average molecular weight is 244 g/mol. The topological polar surface area (TPSA) is 42.0 Å². The van der Waals surface area contributed by atoms with Crippen molar-refractivity contribution in [2.75, 3.05) is 0 Å². The zero-order valence-electron chi connectivity index (χ0n) is 9.98. The Morgan fingerprint density at radius 3 is 2.67 bits per heavy atom. The first-order valence-corrected chi connectivity index (χ1v) is 5.60. The fraction of sp³-hybridized carbons (Fsp3) is 0.143. The van der Waals surface area contributed by atoms with Crippen LogP contribution in [-0.4, -0.2) is 10.9 Å². The molecular weight excluding hydrogens is 231 g/mol. The van der Waals surface area contributed by atoms with Gasteiger partial charge in [0.2, 0.25) is 0 Å². The molecule has 0 aliphatic heterocycles. The molecule has 1 heterocycles. The number of benzene rings is 1. The molecule has 0 unspecified atom stereocenters. The molecule has 0 aliphatic rings. The van der Waals surface area contributed by atoms with Crippen LogP contribution in [0, 0.1) is 12.7 Å². The number of carbonyl (C=O) groups is 1. The number of carbonyl (C=O) groups excluding carboxylic acids is 1. The Kier molecular flexibility index (Phi) is 3.67. The highest BCUT2D eigenvalue weighted by atomic mass is 19.1. The summed E-state index contributed by atoms with van der Waals surface area (Å²) in [4.78, 5) is 15.9. The molecule has 1 aromatic heterocycles. The van der Waals surface area contributed by atoms with Crippen molar-refractivity contribution >= 4 is 5.91 Å². The maximum Gasteiger partial charge on any atom is 0.251 e. The Bertz CT molecular complexity index is 552. The highest BCUT2D eigenvalue weighted by Crippen LogP contribution is 2.04. The maximum atomic E-state index is 12.7. The molecule has 1 aromatic carbocycles. The van der Waals surface area contributed by atoms with Crippen LogP contribution in [0.25, 0.3) is 0 Å². The summed E-state index contributed by atoms with van der Waals surface area (Å²) in [5, 5.41) is 2.77. The van der Waals surface area contributed by atoms with Crippen molar-refractivity contribution in [2.24, 2.45) is 0 Å². The molecule has 1 amide bonds. The van der Waals surface area contributed by atoms with Gasteiger partial charge < -0.3 is 5.32 Å². The number of aromatic nitrogens is 1. The van der Waals surface area contributed by atoms with E-state index in [9.17, 15) is 9.18 Å². The molecule has 3 nitrogen and oxygen atoms in total. The second kappa shape index (κ2) is 5.40. The first kappa shape index (κ1) is 12.2. The first-order valence-electron chi connectivity index (χ1n) is 5.60. The Labute approximate surface area is 105 Å². The molecule has 18 heavy (non-hydrogen) atoms. The van der Waals surface area contributed by atoms with Gasteiger partial charge in [-0.15, -0.1) is 0 Å². The Balaban J connectivity index is 1.98. The standard InChI is InChI=1S/C14H13FN2O/c1-10-8-12(6-7-16-10)14(18)17-9-11-2-4-13(15)5-3-11/h2-8H,9H2,1H3,(H,17,18). The van der Waals surface area contributed by atoms with Gasteiger partial charge in [0.15, 0.2) is 0 Å². The number of nitrogens with one attached hydrogen (secondary N) is 1. The number of pyridine rings is 1. The molecule has 0 aliphatic carbocycles. The van der Waals surface area contributed by atoms with Crippen molar-refractivity contribution in [1.29, 1.82) is 0 Å². The van der Waals surface area contributed by atoms with Crippen molar-refractivity contribution in [2.45, 2.75) is 13.5 Å². The first-order chi connectivity index (χ1) is 8.65.